The van der Waals surface area contributed by atoms with E-state index < -0.39 is 0 Å². The molecule has 1 aromatic heterocycles. The van der Waals surface area contributed by atoms with E-state index in [1.165, 1.54) is 60.0 Å². The molecule has 2 heteroatoms. The molecule has 10 rings (SSSR count). The Morgan fingerprint density at radius 1 is 0.383 bits per heavy atom. The topological polar surface area (TPSA) is 26.0 Å². The summed E-state index contributed by atoms with van der Waals surface area (Å²) in [4.78, 5) is 4.90. The number of oxazole rings is 1. The normalized spacial score (nSPS) is 11.8. The molecule has 0 fully saturated rings. The predicted molar refractivity (Wildman–Crippen MR) is 198 cm³/mol. The van der Waals surface area contributed by atoms with E-state index in [2.05, 4.69) is 133 Å². The molecule has 0 amide bonds. The highest BCUT2D eigenvalue weighted by molar-refractivity contribution is 6.25. The Hall–Kier alpha value is -6.25. The standard InChI is InChI=1S/C45H27NO/c1-2-12-31(13-3-1)45-46-40-26-25-30-23-21-29-22-24-32(27-39(29)42(30)44(40)47-45)41-35-16-6-8-18-37(35)43(38-19-9-7-17-36(38)41)34-20-10-14-28-11-4-5-15-33(28)34/h1-27H. The fourth-order valence-electron chi connectivity index (χ4n) is 7.55. The molecule has 218 valence electrons. The molecule has 0 atom stereocenters. The Labute approximate surface area is 271 Å². The first-order valence-corrected chi connectivity index (χ1v) is 16.1. The van der Waals surface area contributed by atoms with Gasteiger partial charge in [0, 0.05) is 10.9 Å². The van der Waals surface area contributed by atoms with Crippen molar-refractivity contribution in [3.8, 4) is 33.7 Å². The lowest BCUT2D eigenvalue weighted by atomic mass is 9.84. The molecule has 2 nitrogen and oxygen atoms in total. The maximum atomic E-state index is 6.55. The molecule has 1 heterocycles. The van der Waals surface area contributed by atoms with Crippen LogP contribution in [-0.2, 0) is 0 Å². The van der Waals surface area contributed by atoms with Gasteiger partial charge >= 0.3 is 0 Å². The summed E-state index contributed by atoms with van der Waals surface area (Å²) in [6.45, 7) is 0. The van der Waals surface area contributed by atoms with Crippen LogP contribution in [0.4, 0.5) is 0 Å². The van der Waals surface area contributed by atoms with E-state index in [4.69, 9.17) is 9.40 Å². The van der Waals surface area contributed by atoms with Crippen molar-refractivity contribution < 1.29 is 4.42 Å². The van der Waals surface area contributed by atoms with E-state index >= 15 is 0 Å². The fourth-order valence-corrected chi connectivity index (χ4v) is 7.55. The number of benzene rings is 9. The predicted octanol–water partition coefficient (Wildman–Crippen LogP) is 12.6. The first kappa shape index (κ1) is 26.0. The van der Waals surface area contributed by atoms with Gasteiger partial charge in [0.15, 0.2) is 5.58 Å². The van der Waals surface area contributed by atoms with Gasteiger partial charge in [-0.1, -0.05) is 140 Å². The van der Waals surface area contributed by atoms with E-state index in [1.807, 2.05) is 30.3 Å². The van der Waals surface area contributed by atoms with E-state index in [0.717, 1.165) is 32.8 Å². The second-order valence-corrected chi connectivity index (χ2v) is 12.3. The van der Waals surface area contributed by atoms with Crippen LogP contribution >= 0.6 is 0 Å². The molecule has 0 saturated heterocycles. The molecule has 0 saturated carbocycles. The summed E-state index contributed by atoms with van der Waals surface area (Å²) in [6, 6.07) is 58.7. The SMILES string of the molecule is c1ccc(-c2nc3ccc4ccc5ccc(-c6c7ccccc7c(-c7cccc8ccccc78)c7ccccc67)cc5c4c3o2)cc1. The third kappa shape index (κ3) is 3.95. The first-order chi connectivity index (χ1) is 23.3. The Morgan fingerprint density at radius 3 is 1.72 bits per heavy atom. The summed E-state index contributed by atoms with van der Waals surface area (Å²) >= 11 is 0. The van der Waals surface area contributed by atoms with Crippen LogP contribution < -0.4 is 0 Å². The summed E-state index contributed by atoms with van der Waals surface area (Å²) in [7, 11) is 0. The summed E-state index contributed by atoms with van der Waals surface area (Å²) in [5.41, 5.74) is 7.63. The van der Waals surface area contributed by atoms with E-state index in [0.29, 0.717) is 5.89 Å². The molecule has 0 spiro atoms. The van der Waals surface area contributed by atoms with Crippen molar-refractivity contribution in [2.45, 2.75) is 0 Å². The molecule has 0 aliphatic carbocycles. The summed E-state index contributed by atoms with van der Waals surface area (Å²) in [6.07, 6.45) is 0. The van der Waals surface area contributed by atoms with Crippen LogP contribution in [0, 0.1) is 0 Å². The average molecular weight is 598 g/mol. The van der Waals surface area contributed by atoms with Crippen LogP contribution in [0.2, 0.25) is 0 Å². The maximum absolute atomic E-state index is 6.55. The van der Waals surface area contributed by atoms with Crippen molar-refractivity contribution >= 4 is 65.0 Å². The van der Waals surface area contributed by atoms with Gasteiger partial charge in [-0.05, 0) is 95.0 Å². The molecular weight excluding hydrogens is 571 g/mol. The van der Waals surface area contributed by atoms with Gasteiger partial charge in [0.2, 0.25) is 5.89 Å². The van der Waals surface area contributed by atoms with Crippen LogP contribution in [0.5, 0.6) is 0 Å². The molecule has 47 heavy (non-hydrogen) atoms. The van der Waals surface area contributed by atoms with Crippen LogP contribution in [0.1, 0.15) is 0 Å². The molecule has 0 unspecified atom stereocenters. The molecule has 0 aliphatic heterocycles. The smallest absolute Gasteiger partial charge is 0.227 e. The Balaban J connectivity index is 1.29. The van der Waals surface area contributed by atoms with Gasteiger partial charge in [-0.25, -0.2) is 4.98 Å². The van der Waals surface area contributed by atoms with Crippen molar-refractivity contribution in [2.24, 2.45) is 0 Å². The summed E-state index contributed by atoms with van der Waals surface area (Å²) in [5.74, 6) is 0.641. The van der Waals surface area contributed by atoms with Crippen molar-refractivity contribution in [3.05, 3.63) is 164 Å². The Bertz CT molecular complexity index is 2780. The minimum Gasteiger partial charge on any atom is -0.435 e. The number of fused-ring (bicyclic) bond motifs is 8. The first-order valence-electron chi connectivity index (χ1n) is 16.1. The summed E-state index contributed by atoms with van der Waals surface area (Å²) in [5, 5.41) is 12.1. The third-order valence-corrected chi connectivity index (χ3v) is 9.65. The molecule has 0 bridgehead atoms. The lowest BCUT2D eigenvalue weighted by molar-refractivity contribution is 0.623. The van der Waals surface area contributed by atoms with Crippen LogP contribution in [-0.4, -0.2) is 4.98 Å². The fraction of sp³-hybridized carbons (Fsp3) is 0. The second kappa shape index (κ2) is 10.1. The number of hydrogen-bond donors (Lipinski definition) is 0. The molecule has 0 aliphatic rings. The minimum absolute atomic E-state index is 0.641. The zero-order chi connectivity index (χ0) is 30.9. The zero-order valence-corrected chi connectivity index (χ0v) is 25.4. The largest absolute Gasteiger partial charge is 0.435 e. The van der Waals surface area contributed by atoms with E-state index in [1.54, 1.807) is 0 Å². The van der Waals surface area contributed by atoms with Crippen molar-refractivity contribution in [1.29, 1.82) is 0 Å². The molecule has 0 N–H and O–H groups in total. The average Bonchev–Trinajstić information content (AvgIpc) is 3.58. The second-order valence-electron chi connectivity index (χ2n) is 12.3. The highest BCUT2D eigenvalue weighted by atomic mass is 16.3. The molecule has 10 aromatic rings. The van der Waals surface area contributed by atoms with Crippen LogP contribution in [0.15, 0.2) is 168 Å². The zero-order valence-electron chi connectivity index (χ0n) is 25.4. The van der Waals surface area contributed by atoms with Crippen LogP contribution in [0.25, 0.3) is 98.7 Å². The molecule has 0 radical (unpaired) electrons. The van der Waals surface area contributed by atoms with Crippen molar-refractivity contribution in [1.82, 2.24) is 4.98 Å². The van der Waals surface area contributed by atoms with Crippen molar-refractivity contribution in [3.63, 3.8) is 0 Å². The van der Waals surface area contributed by atoms with Gasteiger partial charge in [-0.3, -0.25) is 0 Å². The quantitative estimate of drug-likeness (QED) is 0.150. The molecular formula is C45H27NO. The van der Waals surface area contributed by atoms with Gasteiger partial charge in [0.05, 0.1) is 0 Å². The number of rotatable bonds is 3. The van der Waals surface area contributed by atoms with Gasteiger partial charge in [0.1, 0.15) is 5.52 Å². The number of aromatic nitrogens is 1. The van der Waals surface area contributed by atoms with Crippen LogP contribution in [0.3, 0.4) is 0 Å². The van der Waals surface area contributed by atoms with Gasteiger partial charge in [0.25, 0.3) is 0 Å². The Morgan fingerprint density at radius 2 is 0.957 bits per heavy atom. The third-order valence-electron chi connectivity index (χ3n) is 9.65. The molecule has 9 aromatic carbocycles. The summed E-state index contributed by atoms with van der Waals surface area (Å²) < 4.78 is 6.55. The Kier molecular flexibility index (Phi) is 5.61. The lowest BCUT2D eigenvalue weighted by Gasteiger charge is -2.19. The van der Waals surface area contributed by atoms with Gasteiger partial charge in [-0.2, -0.15) is 0 Å². The van der Waals surface area contributed by atoms with Crippen molar-refractivity contribution in [2.75, 3.05) is 0 Å². The minimum atomic E-state index is 0.641. The number of hydrogen-bond acceptors (Lipinski definition) is 2. The highest BCUT2D eigenvalue weighted by Crippen LogP contribution is 2.46. The highest BCUT2D eigenvalue weighted by Gasteiger charge is 2.19. The van der Waals surface area contributed by atoms with E-state index in [-0.39, 0.29) is 0 Å². The maximum Gasteiger partial charge on any atom is 0.227 e. The monoisotopic (exact) mass is 597 g/mol. The number of nitrogens with zero attached hydrogens (tertiary/aromatic N) is 1. The lowest BCUT2D eigenvalue weighted by Crippen LogP contribution is -1.92. The van der Waals surface area contributed by atoms with E-state index in [9.17, 15) is 0 Å². The van der Waals surface area contributed by atoms with Gasteiger partial charge < -0.3 is 4.42 Å². The van der Waals surface area contributed by atoms with Gasteiger partial charge in [-0.15, -0.1) is 0 Å².